The van der Waals surface area contributed by atoms with E-state index in [1.807, 2.05) is 56.3 Å². The Morgan fingerprint density at radius 1 is 0.925 bits per heavy atom. The third-order valence-corrected chi connectivity index (χ3v) is 5.87. The van der Waals surface area contributed by atoms with Crippen LogP contribution in [-0.2, 0) is 25.7 Å². The highest BCUT2D eigenvalue weighted by Crippen LogP contribution is 2.18. The average Bonchev–Trinajstić information content (AvgIpc) is 2.86. The third-order valence-electron chi connectivity index (χ3n) is 5.87. The lowest BCUT2D eigenvalue weighted by molar-refractivity contribution is -0.129. The van der Waals surface area contributed by atoms with Gasteiger partial charge in [0.05, 0.1) is 5.94 Å². The molecule has 0 aliphatic heterocycles. The monoisotopic (exact) mass is 556 g/mol. The minimum atomic E-state index is -1.73. The lowest BCUT2D eigenvalue weighted by Gasteiger charge is -2.22. The molecule has 0 radical (unpaired) electrons. The lowest BCUT2D eigenvalue weighted by atomic mass is 9.75. The van der Waals surface area contributed by atoms with Gasteiger partial charge in [0.25, 0.3) is 0 Å². The summed E-state index contributed by atoms with van der Waals surface area (Å²) in [6.45, 7) is 8.61. The van der Waals surface area contributed by atoms with Gasteiger partial charge in [-0.25, -0.2) is 4.79 Å². The molecule has 2 aromatic rings. The molecule has 6 N–H and O–H groups in total. The van der Waals surface area contributed by atoms with Crippen LogP contribution in [0.3, 0.4) is 0 Å². The normalized spacial score (nSPS) is 12.8. The molecule has 0 unspecified atom stereocenters. The Labute approximate surface area is 235 Å². The number of hydrogen-bond acceptors (Lipinski definition) is 7. The number of alkyl carbamates (subject to hydrolysis) is 1. The van der Waals surface area contributed by atoms with Crippen LogP contribution in [0.15, 0.2) is 42.5 Å². The van der Waals surface area contributed by atoms with Crippen LogP contribution in [0.1, 0.15) is 59.4 Å². The van der Waals surface area contributed by atoms with Crippen molar-refractivity contribution in [2.75, 3.05) is 6.54 Å². The molecule has 0 aromatic heterocycles. The Morgan fingerprint density at radius 3 is 2.25 bits per heavy atom. The zero-order valence-electron chi connectivity index (χ0n) is 23.8. The van der Waals surface area contributed by atoms with E-state index in [1.54, 1.807) is 20.8 Å². The van der Waals surface area contributed by atoms with Gasteiger partial charge in [0.15, 0.2) is 0 Å². The quantitative estimate of drug-likeness (QED) is 0.205. The summed E-state index contributed by atoms with van der Waals surface area (Å²) in [5.74, 6) is -2.39. The fourth-order valence-corrected chi connectivity index (χ4v) is 4.05. The van der Waals surface area contributed by atoms with Crippen molar-refractivity contribution in [1.29, 1.82) is 0 Å². The SMILES string of the molecule is CC(C)C[C@@H](NC(=O)CC[C@H](NC(=O)CNC(=O)OC(C)(C)C)C(=O)NCc1cccc2ccccc12)B(O)O. The maximum atomic E-state index is 13.2. The summed E-state index contributed by atoms with van der Waals surface area (Å²) in [6, 6.07) is 12.4. The number of ether oxygens (including phenoxy) is 1. The smallest absolute Gasteiger partial charge is 0.444 e. The number of carbonyl (C=O) groups is 4. The molecule has 0 spiro atoms. The largest absolute Gasteiger partial charge is 0.475 e. The minimum absolute atomic E-state index is 0.0543. The Bertz CT molecular complexity index is 1160. The fraction of sp³-hybridized carbons (Fsp3) is 0.500. The number of rotatable bonds is 13. The summed E-state index contributed by atoms with van der Waals surface area (Å²) in [5.41, 5.74) is 0.141. The number of amides is 4. The Hall–Kier alpha value is -3.64. The topological polar surface area (TPSA) is 166 Å². The van der Waals surface area contributed by atoms with Gasteiger partial charge in [0, 0.05) is 13.0 Å². The molecular weight excluding hydrogens is 515 g/mol. The zero-order chi connectivity index (χ0) is 29.9. The first-order chi connectivity index (χ1) is 18.7. The van der Waals surface area contributed by atoms with E-state index in [1.165, 1.54) is 0 Å². The highest BCUT2D eigenvalue weighted by atomic mass is 16.6. The number of carbonyl (C=O) groups excluding carboxylic acids is 4. The average molecular weight is 556 g/mol. The van der Waals surface area contributed by atoms with Crippen molar-refractivity contribution in [3.63, 3.8) is 0 Å². The predicted octanol–water partition coefficient (Wildman–Crippen LogP) is 1.79. The minimum Gasteiger partial charge on any atom is -0.444 e. The van der Waals surface area contributed by atoms with E-state index in [-0.39, 0.29) is 25.3 Å². The van der Waals surface area contributed by atoms with Gasteiger partial charge in [-0.05, 0) is 55.9 Å². The van der Waals surface area contributed by atoms with Crippen molar-refractivity contribution in [3.05, 3.63) is 48.0 Å². The van der Waals surface area contributed by atoms with Gasteiger partial charge in [0.2, 0.25) is 17.7 Å². The second-order valence-corrected chi connectivity index (χ2v) is 11.1. The second kappa shape index (κ2) is 15.2. The van der Waals surface area contributed by atoms with Crippen molar-refractivity contribution in [1.82, 2.24) is 21.3 Å². The van der Waals surface area contributed by atoms with E-state index < -0.39 is 55.1 Å². The number of fused-ring (bicyclic) bond motifs is 1. The molecule has 0 heterocycles. The maximum absolute atomic E-state index is 13.2. The van der Waals surface area contributed by atoms with Gasteiger partial charge < -0.3 is 36.1 Å². The molecular formula is C28H41BN4O7. The Morgan fingerprint density at radius 2 is 1.60 bits per heavy atom. The first-order valence-corrected chi connectivity index (χ1v) is 13.4. The van der Waals surface area contributed by atoms with Crippen molar-refractivity contribution >= 4 is 41.7 Å². The van der Waals surface area contributed by atoms with Crippen LogP contribution in [0.2, 0.25) is 0 Å². The summed E-state index contributed by atoms with van der Waals surface area (Å²) in [4.78, 5) is 50.2. The van der Waals surface area contributed by atoms with Gasteiger partial charge in [0.1, 0.15) is 18.2 Å². The molecule has 2 atom stereocenters. The van der Waals surface area contributed by atoms with Gasteiger partial charge in [-0.2, -0.15) is 0 Å². The first-order valence-electron chi connectivity index (χ1n) is 13.4. The van der Waals surface area contributed by atoms with Crippen LogP contribution in [0.5, 0.6) is 0 Å². The summed E-state index contributed by atoms with van der Waals surface area (Å²) in [7, 11) is -1.73. The van der Waals surface area contributed by atoms with Gasteiger partial charge in [-0.1, -0.05) is 56.3 Å². The van der Waals surface area contributed by atoms with E-state index >= 15 is 0 Å². The molecule has 2 rings (SSSR count). The molecule has 0 fully saturated rings. The van der Waals surface area contributed by atoms with Crippen LogP contribution in [-0.4, -0.2) is 65.1 Å². The number of nitrogens with one attached hydrogen (secondary N) is 4. The highest BCUT2D eigenvalue weighted by Gasteiger charge is 2.28. The van der Waals surface area contributed by atoms with Crippen LogP contribution in [0, 0.1) is 5.92 Å². The molecule has 0 bridgehead atoms. The summed E-state index contributed by atoms with van der Waals surface area (Å²) in [5, 5.41) is 31.5. The molecule has 0 saturated heterocycles. The van der Waals surface area contributed by atoms with Crippen molar-refractivity contribution in [3.8, 4) is 0 Å². The van der Waals surface area contributed by atoms with Gasteiger partial charge >= 0.3 is 13.2 Å². The van der Waals surface area contributed by atoms with Crippen LogP contribution in [0.4, 0.5) is 4.79 Å². The standard InChI is InChI=1S/C28H41BN4O7/c1-18(2)15-23(29(38)39)33-24(34)14-13-22(32-25(35)17-31-27(37)40-28(3,4)5)26(36)30-16-20-11-8-10-19-9-6-7-12-21(19)20/h6-12,18,22-23,38-39H,13-17H2,1-5H3,(H,30,36)(H,31,37)(H,32,35)(H,33,34)/t22-,23+/m0/s1. The second-order valence-electron chi connectivity index (χ2n) is 11.1. The molecule has 12 heteroatoms. The van der Waals surface area contributed by atoms with E-state index in [0.29, 0.717) is 6.42 Å². The number of hydrogen-bond donors (Lipinski definition) is 6. The van der Waals surface area contributed by atoms with E-state index in [0.717, 1.165) is 16.3 Å². The van der Waals surface area contributed by atoms with Crippen molar-refractivity contribution < 1.29 is 34.0 Å². The van der Waals surface area contributed by atoms with E-state index in [9.17, 15) is 29.2 Å². The zero-order valence-corrected chi connectivity index (χ0v) is 23.8. The molecule has 0 aliphatic rings. The van der Waals surface area contributed by atoms with Crippen LogP contribution in [0.25, 0.3) is 10.8 Å². The lowest BCUT2D eigenvalue weighted by Crippen LogP contribution is -2.51. The van der Waals surface area contributed by atoms with E-state index in [2.05, 4.69) is 21.3 Å². The van der Waals surface area contributed by atoms with Crippen molar-refractivity contribution in [2.24, 2.45) is 5.92 Å². The molecule has 2 aromatic carbocycles. The molecule has 0 saturated carbocycles. The van der Waals surface area contributed by atoms with Gasteiger partial charge in [-0.15, -0.1) is 0 Å². The summed E-state index contributed by atoms with van der Waals surface area (Å²) in [6.07, 6.45) is -0.641. The Kier molecular flexibility index (Phi) is 12.4. The molecule has 4 amide bonds. The predicted molar refractivity (Wildman–Crippen MR) is 153 cm³/mol. The highest BCUT2D eigenvalue weighted by molar-refractivity contribution is 6.43. The fourth-order valence-electron chi connectivity index (χ4n) is 4.05. The van der Waals surface area contributed by atoms with Crippen LogP contribution < -0.4 is 21.3 Å². The molecule has 11 nitrogen and oxygen atoms in total. The molecule has 40 heavy (non-hydrogen) atoms. The maximum Gasteiger partial charge on any atom is 0.475 e. The first kappa shape index (κ1) is 32.6. The van der Waals surface area contributed by atoms with Crippen LogP contribution >= 0.6 is 0 Å². The van der Waals surface area contributed by atoms with Crippen molar-refractivity contribution in [2.45, 2.75) is 78.0 Å². The van der Waals surface area contributed by atoms with E-state index in [4.69, 9.17) is 4.74 Å². The summed E-state index contributed by atoms with van der Waals surface area (Å²) >= 11 is 0. The number of benzene rings is 2. The molecule has 218 valence electrons. The third kappa shape index (κ3) is 11.6. The molecule has 0 aliphatic carbocycles. The van der Waals surface area contributed by atoms with Gasteiger partial charge in [-0.3, -0.25) is 14.4 Å². The summed E-state index contributed by atoms with van der Waals surface area (Å²) < 4.78 is 5.12. The Balaban J connectivity index is 2.06.